The quantitative estimate of drug-likeness (QED) is 0.282. The third-order valence-corrected chi connectivity index (χ3v) is 12.5. The van der Waals surface area contributed by atoms with E-state index in [2.05, 4.69) is 67.2 Å². The monoisotopic (exact) mass is 482 g/mol. The number of fused-ring (bicyclic) bond motifs is 2. The number of rotatable bonds is 2. The number of aryl methyl sites for hydroxylation is 3. The zero-order chi connectivity index (χ0) is 19.1. The van der Waals surface area contributed by atoms with Gasteiger partial charge < -0.3 is 0 Å². The van der Waals surface area contributed by atoms with E-state index in [1.807, 2.05) is 12.1 Å². The van der Waals surface area contributed by atoms with Gasteiger partial charge in [0, 0.05) is 46.7 Å². The molecule has 5 rings (SSSR count). The smallest absolute Gasteiger partial charge is 0.165 e. The van der Waals surface area contributed by atoms with Gasteiger partial charge >= 0.3 is 0 Å². The summed E-state index contributed by atoms with van der Waals surface area (Å²) in [6, 6.07) is 26.8. The molecule has 1 aromatic heterocycles. The normalized spacial score (nSPS) is 16.5. The first-order chi connectivity index (χ1) is 13.7. The minimum absolute atomic E-state index is 0. The van der Waals surface area contributed by atoms with Gasteiger partial charge in [-0.05, 0) is 12.5 Å². The average molecular weight is 482 g/mol. The summed E-state index contributed by atoms with van der Waals surface area (Å²) in [5.41, 5.74) is 7.75. The summed E-state index contributed by atoms with van der Waals surface area (Å²) in [6.45, 7) is 2.21. The Kier molecular flexibility index (Phi) is 7.59. The largest absolute Gasteiger partial charge is 0.233 e. The summed E-state index contributed by atoms with van der Waals surface area (Å²) in [4.78, 5) is 0. The predicted molar refractivity (Wildman–Crippen MR) is 124 cm³/mol. The van der Waals surface area contributed by atoms with Crippen LogP contribution in [0.5, 0.6) is 0 Å². The van der Waals surface area contributed by atoms with Crippen molar-refractivity contribution in [1.82, 2.24) is 0 Å². The Morgan fingerprint density at radius 3 is 2.47 bits per heavy atom. The molecule has 0 N–H and O–H groups in total. The fraction of sp³-hybridized carbons (Fsp3) is 0.346. The van der Waals surface area contributed by atoms with Crippen LogP contribution < -0.4 is 9.75 Å². The summed E-state index contributed by atoms with van der Waals surface area (Å²) in [5, 5.41) is 1.77. The second-order valence-corrected chi connectivity index (χ2v) is 13.4. The zero-order valence-electron chi connectivity index (χ0n) is 18.2. The number of aromatic nitrogens is 1. The van der Waals surface area contributed by atoms with Gasteiger partial charge in [0.2, 0.25) is 0 Å². The molecule has 0 atom stereocenters. The second kappa shape index (κ2) is 9.63. The van der Waals surface area contributed by atoms with Crippen molar-refractivity contribution in [3.05, 3.63) is 71.9 Å². The Hall–Kier alpha value is -1.02. The maximum atomic E-state index is 3.74. The molecule has 2 aliphatic heterocycles. The number of hydrogen-bond acceptors (Lipinski definition) is 0. The Bertz CT molecular complexity index is 1030. The molecule has 0 amide bonds. The van der Waals surface area contributed by atoms with Crippen molar-refractivity contribution >= 4 is 21.7 Å². The van der Waals surface area contributed by atoms with Crippen LogP contribution >= 0.6 is 0 Å². The molecule has 0 unspecified atom stereocenters. The molecule has 0 bridgehead atoms. The summed E-state index contributed by atoms with van der Waals surface area (Å²) in [7, 11) is 0.954. The van der Waals surface area contributed by atoms with Crippen molar-refractivity contribution in [3.63, 3.8) is 0 Å². The average Bonchev–Trinajstić information content (AvgIpc) is 3.18. The van der Waals surface area contributed by atoms with Gasteiger partial charge in [-0.25, -0.2) is 10.1 Å². The molecule has 30 heavy (non-hydrogen) atoms. The minimum Gasteiger partial charge on any atom is -0.233 e. The van der Waals surface area contributed by atoms with E-state index in [9.17, 15) is 0 Å². The van der Waals surface area contributed by atoms with Crippen LogP contribution in [0.25, 0.3) is 22.4 Å². The van der Waals surface area contributed by atoms with Crippen molar-refractivity contribution in [2.24, 2.45) is 7.05 Å². The molecule has 2 aliphatic rings. The van der Waals surface area contributed by atoms with E-state index < -0.39 is 8.07 Å². The van der Waals surface area contributed by atoms with Gasteiger partial charge in [-0.2, -0.15) is 42.0 Å². The minimum atomic E-state index is -1.26. The SMILES string of the molecule is Cc1ccc(-c2[c-]cccc2)[c-]c1-c1cc2c(c[n+]1C)CCC[Si]21CCCC1.[B].[Y]. The van der Waals surface area contributed by atoms with Gasteiger partial charge in [0.1, 0.15) is 12.7 Å². The van der Waals surface area contributed by atoms with Crippen LogP contribution in [0.4, 0.5) is 0 Å². The number of benzene rings is 2. The summed E-state index contributed by atoms with van der Waals surface area (Å²) in [5.74, 6) is 0. The van der Waals surface area contributed by atoms with Crippen LogP contribution in [0.1, 0.15) is 30.4 Å². The van der Waals surface area contributed by atoms with Crippen molar-refractivity contribution in [2.75, 3.05) is 0 Å². The molecule has 148 valence electrons. The Labute approximate surface area is 209 Å². The van der Waals surface area contributed by atoms with E-state index in [0.29, 0.717) is 0 Å². The van der Waals surface area contributed by atoms with Crippen molar-refractivity contribution in [3.8, 4) is 22.4 Å². The third-order valence-electron chi connectivity index (χ3n) is 7.00. The zero-order valence-corrected chi connectivity index (χ0v) is 22.0. The maximum Gasteiger partial charge on any atom is 0.165 e. The summed E-state index contributed by atoms with van der Waals surface area (Å²) in [6.07, 6.45) is 8.01. The van der Waals surface area contributed by atoms with E-state index in [1.165, 1.54) is 60.6 Å². The van der Waals surface area contributed by atoms with Gasteiger partial charge in [0.15, 0.2) is 6.20 Å². The standard InChI is InChI=1S/C26H28NSi.B.Y/c1-20-12-13-22(21-9-4-3-5-10-21)17-24(20)25-18-26-23(19-27(25)2)11-8-16-28(26)14-6-7-15-28;;/h3-5,9,12-13,18-19H,6-8,11,14-16H2,1-2H3;;/q-1;;. The molecule has 1 fully saturated rings. The first-order valence-electron chi connectivity index (χ1n) is 10.7. The molecule has 2 aromatic carbocycles. The van der Waals surface area contributed by atoms with Gasteiger partial charge in [0.25, 0.3) is 0 Å². The van der Waals surface area contributed by atoms with Crippen LogP contribution in [-0.2, 0) is 46.2 Å². The van der Waals surface area contributed by atoms with Crippen molar-refractivity contribution in [1.29, 1.82) is 0 Å². The van der Waals surface area contributed by atoms with E-state index in [1.54, 1.807) is 10.8 Å². The fourth-order valence-corrected chi connectivity index (χ4v) is 11.1. The molecule has 3 heterocycles. The molecule has 0 aliphatic carbocycles. The van der Waals surface area contributed by atoms with Crippen molar-refractivity contribution < 1.29 is 37.3 Å². The third kappa shape index (κ3) is 4.18. The molecule has 4 heteroatoms. The van der Waals surface area contributed by atoms with Crippen LogP contribution in [0.2, 0.25) is 18.1 Å². The second-order valence-electron chi connectivity index (χ2n) is 8.76. The fourth-order valence-electron chi connectivity index (χ4n) is 5.52. The summed E-state index contributed by atoms with van der Waals surface area (Å²) >= 11 is 0. The summed E-state index contributed by atoms with van der Waals surface area (Å²) < 4.78 is 2.35. The van der Waals surface area contributed by atoms with E-state index in [0.717, 1.165) is 11.1 Å². The molecule has 1 nitrogen and oxygen atoms in total. The molecular weight excluding hydrogens is 454 g/mol. The van der Waals surface area contributed by atoms with Gasteiger partial charge in [-0.15, -0.1) is 17.7 Å². The first kappa shape index (κ1) is 23.6. The first-order valence-corrected chi connectivity index (χ1v) is 13.3. The number of pyridine rings is 1. The van der Waals surface area contributed by atoms with Crippen LogP contribution in [-0.4, -0.2) is 16.5 Å². The van der Waals surface area contributed by atoms with E-state index >= 15 is 0 Å². The maximum absolute atomic E-state index is 3.74. The molecule has 4 radical (unpaired) electrons. The van der Waals surface area contributed by atoms with Gasteiger partial charge in [-0.3, -0.25) is 0 Å². The van der Waals surface area contributed by atoms with Gasteiger partial charge in [-0.1, -0.05) is 55.1 Å². The number of hydrogen-bond donors (Lipinski definition) is 0. The van der Waals surface area contributed by atoms with Crippen molar-refractivity contribution in [2.45, 2.75) is 50.7 Å². The van der Waals surface area contributed by atoms with E-state index in [-0.39, 0.29) is 41.1 Å². The van der Waals surface area contributed by atoms with E-state index in [4.69, 9.17) is 0 Å². The Balaban J connectivity index is 0.00000128. The van der Waals surface area contributed by atoms with Crippen LogP contribution in [0, 0.1) is 19.1 Å². The Morgan fingerprint density at radius 1 is 0.967 bits per heavy atom. The Morgan fingerprint density at radius 2 is 1.73 bits per heavy atom. The molecule has 1 saturated heterocycles. The molecular formula is C26H28BNSiY-. The molecule has 0 saturated carbocycles. The predicted octanol–water partition coefficient (Wildman–Crippen LogP) is 4.77. The van der Waals surface area contributed by atoms with Crippen LogP contribution in [0.15, 0.2) is 48.7 Å². The number of nitrogens with zero attached hydrogens (tertiary/aromatic N) is 1. The molecule has 3 aromatic rings. The van der Waals surface area contributed by atoms with Crippen LogP contribution in [0.3, 0.4) is 0 Å². The molecule has 1 spiro atoms. The van der Waals surface area contributed by atoms with Gasteiger partial charge in [0.05, 0.1) is 8.07 Å². The topological polar surface area (TPSA) is 3.88 Å².